The lowest BCUT2D eigenvalue weighted by Crippen LogP contribution is -2.40. The molecule has 0 atom stereocenters. The van der Waals surface area contributed by atoms with Crippen LogP contribution in [0.3, 0.4) is 0 Å². The number of imidazole rings is 1. The molecule has 3 fully saturated rings. The summed E-state index contributed by atoms with van der Waals surface area (Å²) in [7, 11) is 3.76. The van der Waals surface area contributed by atoms with Crippen LogP contribution in [0, 0.1) is 11.3 Å². The molecule has 2 N–H and O–H groups in total. The molecule has 49 heavy (non-hydrogen) atoms. The highest BCUT2D eigenvalue weighted by atomic mass is 19.4. The van der Waals surface area contributed by atoms with Crippen molar-refractivity contribution in [2.24, 2.45) is 11.3 Å². The molecule has 0 radical (unpaired) electrons. The van der Waals surface area contributed by atoms with E-state index in [9.17, 15) is 23.1 Å². The number of carboxylic acids is 1. The molecule has 3 aliphatic rings. The number of aromatic nitrogens is 4. The normalized spacial score (nSPS) is 18.6. The quantitative estimate of drug-likeness (QED) is 0.175. The molecule has 4 aromatic rings. The first-order chi connectivity index (χ1) is 23.5. The Morgan fingerprint density at radius 1 is 1.00 bits per heavy atom. The first-order valence-corrected chi connectivity index (χ1v) is 17.3. The van der Waals surface area contributed by atoms with Crippen LogP contribution in [0.25, 0.3) is 33.8 Å². The minimum Gasteiger partial charge on any atom is -0.481 e. The Morgan fingerprint density at radius 3 is 2.35 bits per heavy atom. The molecular formula is C37H43F3N6O3. The number of halogens is 3. The van der Waals surface area contributed by atoms with Crippen LogP contribution in [0.2, 0.25) is 0 Å². The molecule has 0 spiro atoms. The molecule has 3 aromatic heterocycles. The first kappa shape index (κ1) is 33.3. The van der Waals surface area contributed by atoms with Crippen molar-refractivity contribution in [2.45, 2.75) is 69.9 Å². The second-order valence-electron chi connectivity index (χ2n) is 14.2. The topological polar surface area (TPSA) is 107 Å². The number of anilines is 2. The summed E-state index contributed by atoms with van der Waals surface area (Å²) in [6, 6.07) is 12.7. The lowest BCUT2D eigenvalue weighted by molar-refractivity contribution is -0.142. The number of rotatable bonds is 10. The number of nitrogens with one attached hydrogen (secondary N) is 1. The third-order valence-electron chi connectivity index (χ3n) is 10.6. The monoisotopic (exact) mass is 676 g/mol. The third-order valence-corrected chi connectivity index (χ3v) is 10.6. The minimum absolute atomic E-state index is 0.0333. The summed E-state index contributed by atoms with van der Waals surface area (Å²) in [5, 5.41) is 9.36. The Kier molecular flexibility index (Phi) is 9.02. The van der Waals surface area contributed by atoms with Gasteiger partial charge in [-0.05, 0) is 81.0 Å². The Balaban J connectivity index is 1.27. The SMILES string of the molecule is COCC1(CN(C)c2cc(-c3cc(C4CC4)nc(C(F)(F)F)c3)nc3nc(-c4ccc(N5CCC(C(=O)O)CC5)cc4)[nH]c23)CCCCC1. The van der Waals surface area contributed by atoms with Gasteiger partial charge < -0.3 is 24.6 Å². The zero-order valence-electron chi connectivity index (χ0n) is 28.0. The predicted octanol–water partition coefficient (Wildman–Crippen LogP) is 7.92. The van der Waals surface area contributed by atoms with Gasteiger partial charge >= 0.3 is 12.1 Å². The van der Waals surface area contributed by atoms with E-state index in [2.05, 4.69) is 19.8 Å². The van der Waals surface area contributed by atoms with E-state index in [1.54, 1.807) is 13.2 Å². The Labute approximate surface area is 283 Å². The third kappa shape index (κ3) is 7.11. The second-order valence-corrected chi connectivity index (χ2v) is 14.2. The van der Waals surface area contributed by atoms with E-state index in [1.165, 1.54) is 6.42 Å². The minimum atomic E-state index is -4.57. The molecule has 0 bridgehead atoms. The summed E-state index contributed by atoms with van der Waals surface area (Å²) < 4.78 is 47.8. The van der Waals surface area contributed by atoms with E-state index in [0.717, 1.165) is 73.6 Å². The summed E-state index contributed by atoms with van der Waals surface area (Å²) in [5.41, 5.74) is 4.15. The van der Waals surface area contributed by atoms with Gasteiger partial charge in [0.25, 0.3) is 0 Å². The fraction of sp³-hybridized carbons (Fsp3) is 0.514. The number of ether oxygens (including phenoxy) is 1. The van der Waals surface area contributed by atoms with Crippen LogP contribution >= 0.6 is 0 Å². The van der Waals surface area contributed by atoms with E-state index in [-0.39, 0.29) is 17.3 Å². The summed E-state index contributed by atoms with van der Waals surface area (Å²) >= 11 is 0. The fourth-order valence-electron chi connectivity index (χ4n) is 7.75. The van der Waals surface area contributed by atoms with Crippen molar-refractivity contribution in [1.82, 2.24) is 19.9 Å². The number of aromatic amines is 1. The van der Waals surface area contributed by atoms with Crippen LogP contribution in [-0.2, 0) is 15.7 Å². The summed E-state index contributed by atoms with van der Waals surface area (Å²) in [5.74, 6) is -0.386. The van der Waals surface area contributed by atoms with E-state index in [4.69, 9.17) is 14.7 Å². The Morgan fingerprint density at radius 2 is 1.71 bits per heavy atom. The van der Waals surface area contributed by atoms with Crippen molar-refractivity contribution in [1.29, 1.82) is 0 Å². The molecule has 0 amide bonds. The van der Waals surface area contributed by atoms with Gasteiger partial charge in [-0.25, -0.2) is 15.0 Å². The van der Waals surface area contributed by atoms with Crippen molar-refractivity contribution in [2.75, 3.05) is 50.2 Å². The maximum Gasteiger partial charge on any atom is 0.433 e. The molecule has 0 unspecified atom stereocenters. The van der Waals surface area contributed by atoms with Crippen LogP contribution < -0.4 is 9.80 Å². The van der Waals surface area contributed by atoms with Crippen molar-refractivity contribution in [3.8, 4) is 22.6 Å². The van der Waals surface area contributed by atoms with Gasteiger partial charge in [0.15, 0.2) is 5.65 Å². The van der Waals surface area contributed by atoms with Crippen LogP contribution in [0.1, 0.15) is 75.1 Å². The highest BCUT2D eigenvalue weighted by Crippen LogP contribution is 2.43. The largest absolute Gasteiger partial charge is 0.481 e. The number of carbonyl (C=O) groups is 1. The lowest BCUT2D eigenvalue weighted by Gasteiger charge is -2.40. The summed E-state index contributed by atoms with van der Waals surface area (Å²) in [6.07, 6.45) is 3.88. The molecular weight excluding hydrogens is 633 g/mol. The summed E-state index contributed by atoms with van der Waals surface area (Å²) in [6.45, 7) is 2.72. The Hall–Kier alpha value is -4.19. The summed E-state index contributed by atoms with van der Waals surface area (Å²) in [4.78, 5) is 33.0. The first-order valence-electron chi connectivity index (χ1n) is 17.3. The average Bonchev–Trinajstić information content (AvgIpc) is 3.86. The highest BCUT2D eigenvalue weighted by Gasteiger charge is 2.37. The van der Waals surface area contributed by atoms with Crippen molar-refractivity contribution in [3.63, 3.8) is 0 Å². The van der Waals surface area contributed by atoms with Gasteiger partial charge in [0, 0.05) is 67.6 Å². The number of benzene rings is 1. The molecule has 4 heterocycles. The van der Waals surface area contributed by atoms with E-state index >= 15 is 0 Å². The van der Waals surface area contributed by atoms with Gasteiger partial charge in [-0.15, -0.1) is 0 Å². The maximum atomic E-state index is 14.0. The molecule has 9 nitrogen and oxygen atoms in total. The standard InChI is InChI=1S/C37H43F3N6O3/c1-45(21-36(22-49-2)14-4-3-5-15-36)30-20-29(26-18-28(23-6-7-23)41-31(19-26)37(38,39)40)42-34-32(30)43-33(44-34)24-8-10-27(11-9-24)46-16-12-25(13-17-46)35(47)48/h8-11,18-20,23,25H,3-7,12-17,21-22H2,1-2H3,(H,47,48)(H,42,43,44). The number of alkyl halides is 3. The number of carboxylic acid groups (broad SMARTS) is 1. The second kappa shape index (κ2) is 13.3. The van der Waals surface area contributed by atoms with E-state index in [0.29, 0.717) is 61.0 Å². The maximum absolute atomic E-state index is 14.0. The number of piperidine rings is 1. The molecule has 1 aromatic carbocycles. The molecule has 2 aliphatic carbocycles. The molecule has 260 valence electrons. The van der Waals surface area contributed by atoms with Gasteiger partial charge in [0.1, 0.15) is 17.0 Å². The van der Waals surface area contributed by atoms with Crippen LogP contribution in [0.5, 0.6) is 0 Å². The molecule has 7 rings (SSSR count). The van der Waals surface area contributed by atoms with Crippen molar-refractivity contribution < 1.29 is 27.8 Å². The van der Waals surface area contributed by atoms with Crippen molar-refractivity contribution >= 4 is 28.5 Å². The number of fused-ring (bicyclic) bond motifs is 1. The lowest BCUT2D eigenvalue weighted by atomic mass is 9.74. The molecule has 2 saturated carbocycles. The number of H-pyrrole nitrogens is 1. The van der Waals surface area contributed by atoms with Crippen LogP contribution in [0.4, 0.5) is 24.5 Å². The Bertz CT molecular complexity index is 1800. The number of aliphatic carboxylic acids is 1. The number of pyridine rings is 2. The van der Waals surface area contributed by atoms with Gasteiger partial charge in [-0.3, -0.25) is 4.79 Å². The fourth-order valence-corrected chi connectivity index (χ4v) is 7.75. The molecule has 1 aliphatic heterocycles. The smallest absolute Gasteiger partial charge is 0.433 e. The van der Waals surface area contributed by atoms with E-state index in [1.807, 2.05) is 37.4 Å². The zero-order valence-corrected chi connectivity index (χ0v) is 28.0. The molecule has 1 saturated heterocycles. The van der Waals surface area contributed by atoms with Gasteiger partial charge in [0.2, 0.25) is 0 Å². The van der Waals surface area contributed by atoms with E-state index < -0.39 is 17.8 Å². The predicted molar refractivity (Wildman–Crippen MR) is 183 cm³/mol. The van der Waals surface area contributed by atoms with Crippen LogP contribution in [0.15, 0.2) is 42.5 Å². The van der Waals surface area contributed by atoms with Crippen molar-refractivity contribution in [3.05, 3.63) is 53.9 Å². The van der Waals surface area contributed by atoms with Gasteiger partial charge in [-0.1, -0.05) is 19.3 Å². The van der Waals surface area contributed by atoms with Gasteiger partial charge in [-0.2, -0.15) is 13.2 Å². The zero-order chi connectivity index (χ0) is 34.3. The number of hydrogen-bond acceptors (Lipinski definition) is 7. The van der Waals surface area contributed by atoms with Gasteiger partial charge in [0.05, 0.1) is 23.9 Å². The average molecular weight is 677 g/mol. The number of nitrogens with zero attached hydrogens (tertiary/aromatic N) is 5. The molecule has 12 heteroatoms. The highest BCUT2D eigenvalue weighted by molar-refractivity contribution is 5.91. The van der Waals surface area contributed by atoms with Crippen LogP contribution in [-0.4, -0.2) is 71.4 Å². The number of methoxy groups -OCH3 is 1. The number of hydrogen-bond donors (Lipinski definition) is 2.